The SMILES string of the molecule is CCC(N)CCCN1C(=O)CC(C)C1=O. The molecule has 2 N–H and O–H groups in total. The summed E-state index contributed by atoms with van der Waals surface area (Å²) in [6.07, 6.45) is 3.01. The minimum absolute atomic E-state index is 0.0231. The molecule has 0 spiro atoms. The predicted octanol–water partition coefficient (Wildman–Crippen LogP) is 0.899. The standard InChI is InChI=1S/C11H20N2O2/c1-3-9(12)5-4-6-13-10(14)7-8(2)11(13)15/h8-9H,3-7,12H2,1-2H3. The lowest BCUT2D eigenvalue weighted by Crippen LogP contribution is -2.32. The average molecular weight is 212 g/mol. The highest BCUT2D eigenvalue weighted by Gasteiger charge is 2.34. The molecule has 1 saturated heterocycles. The molecule has 86 valence electrons. The van der Waals surface area contributed by atoms with E-state index >= 15 is 0 Å². The number of nitrogens with two attached hydrogens (primary N) is 1. The van der Waals surface area contributed by atoms with Gasteiger partial charge in [0.2, 0.25) is 11.8 Å². The molecule has 15 heavy (non-hydrogen) atoms. The van der Waals surface area contributed by atoms with Gasteiger partial charge >= 0.3 is 0 Å². The first-order chi connectivity index (χ1) is 7.06. The third kappa shape index (κ3) is 3.02. The Morgan fingerprint density at radius 1 is 1.53 bits per heavy atom. The van der Waals surface area contributed by atoms with Crippen molar-refractivity contribution in [3.63, 3.8) is 0 Å². The number of rotatable bonds is 5. The van der Waals surface area contributed by atoms with Crippen molar-refractivity contribution in [2.24, 2.45) is 11.7 Å². The highest BCUT2D eigenvalue weighted by Crippen LogP contribution is 2.19. The van der Waals surface area contributed by atoms with Crippen LogP contribution in [0.3, 0.4) is 0 Å². The van der Waals surface area contributed by atoms with Crippen LogP contribution < -0.4 is 5.73 Å². The van der Waals surface area contributed by atoms with E-state index in [0.29, 0.717) is 13.0 Å². The Bertz CT molecular complexity index is 253. The molecule has 0 aliphatic carbocycles. The van der Waals surface area contributed by atoms with E-state index < -0.39 is 0 Å². The fraction of sp³-hybridized carbons (Fsp3) is 0.818. The lowest BCUT2D eigenvalue weighted by Gasteiger charge is -2.15. The first-order valence-electron chi connectivity index (χ1n) is 5.66. The van der Waals surface area contributed by atoms with Crippen molar-refractivity contribution >= 4 is 11.8 Å². The summed E-state index contributed by atoms with van der Waals surface area (Å²) in [7, 11) is 0. The number of likely N-dealkylation sites (tertiary alicyclic amines) is 1. The van der Waals surface area contributed by atoms with Crippen molar-refractivity contribution < 1.29 is 9.59 Å². The minimum Gasteiger partial charge on any atom is -0.328 e. The van der Waals surface area contributed by atoms with Gasteiger partial charge in [0, 0.05) is 24.9 Å². The number of carbonyl (C=O) groups is 2. The monoisotopic (exact) mass is 212 g/mol. The zero-order chi connectivity index (χ0) is 11.4. The lowest BCUT2D eigenvalue weighted by molar-refractivity contribution is -0.139. The first kappa shape index (κ1) is 12.2. The summed E-state index contributed by atoms with van der Waals surface area (Å²) in [5, 5.41) is 0. The summed E-state index contributed by atoms with van der Waals surface area (Å²) in [6, 6.07) is 0.190. The van der Waals surface area contributed by atoms with Crippen molar-refractivity contribution in [2.75, 3.05) is 6.54 Å². The Hall–Kier alpha value is -0.900. The number of imide groups is 1. The maximum absolute atomic E-state index is 11.5. The molecule has 0 radical (unpaired) electrons. The molecule has 0 aromatic heterocycles. The summed E-state index contributed by atoms with van der Waals surface area (Å²) in [5.41, 5.74) is 5.77. The maximum Gasteiger partial charge on any atom is 0.232 e. The van der Waals surface area contributed by atoms with Crippen LogP contribution in [-0.4, -0.2) is 29.3 Å². The molecule has 2 amide bonds. The molecular formula is C11H20N2O2. The van der Waals surface area contributed by atoms with Crippen LogP contribution in [0.1, 0.15) is 39.5 Å². The van der Waals surface area contributed by atoms with E-state index in [1.165, 1.54) is 4.90 Å². The van der Waals surface area contributed by atoms with Crippen molar-refractivity contribution in [2.45, 2.75) is 45.6 Å². The molecule has 2 atom stereocenters. The molecule has 1 aliphatic heterocycles. The average Bonchev–Trinajstić information content (AvgIpc) is 2.44. The van der Waals surface area contributed by atoms with Crippen LogP contribution in [0.25, 0.3) is 0 Å². The molecule has 0 saturated carbocycles. The Balaban J connectivity index is 2.32. The van der Waals surface area contributed by atoms with Crippen molar-refractivity contribution in [3.8, 4) is 0 Å². The van der Waals surface area contributed by atoms with Crippen molar-refractivity contribution in [1.82, 2.24) is 4.90 Å². The summed E-state index contributed by atoms with van der Waals surface area (Å²) >= 11 is 0. The van der Waals surface area contributed by atoms with Crippen LogP contribution >= 0.6 is 0 Å². The highest BCUT2D eigenvalue weighted by atomic mass is 16.2. The van der Waals surface area contributed by atoms with E-state index in [4.69, 9.17) is 5.73 Å². The summed E-state index contributed by atoms with van der Waals surface area (Å²) in [4.78, 5) is 24.3. The van der Waals surface area contributed by atoms with Gasteiger partial charge in [0.05, 0.1) is 0 Å². The molecule has 0 aromatic carbocycles. The molecule has 0 aromatic rings. The van der Waals surface area contributed by atoms with Gasteiger partial charge in [-0.05, 0) is 19.3 Å². The smallest absolute Gasteiger partial charge is 0.232 e. The number of hydrogen-bond donors (Lipinski definition) is 1. The lowest BCUT2D eigenvalue weighted by atomic mass is 10.1. The van der Waals surface area contributed by atoms with Crippen LogP contribution in [0, 0.1) is 5.92 Å². The molecular weight excluding hydrogens is 192 g/mol. The van der Waals surface area contributed by atoms with Crippen molar-refractivity contribution in [1.29, 1.82) is 0 Å². The molecule has 1 rings (SSSR count). The summed E-state index contributed by atoms with van der Waals surface area (Å²) in [6.45, 7) is 4.38. The largest absolute Gasteiger partial charge is 0.328 e. The fourth-order valence-corrected chi connectivity index (χ4v) is 1.80. The second-order valence-corrected chi connectivity index (χ2v) is 4.30. The number of carbonyl (C=O) groups excluding carboxylic acids is 2. The van der Waals surface area contributed by atoms with E-state index in [9.17, 15) is 9.59 Å². The first-order valence-corrected chi connectivity index (χ1v) is 5.66. The fourth-order valence-electron chi connectivity index (χ4n) is 1.80. The van der Waals surface area contributed by atoms with Gasteiger partial charge in [-0.3, -0.25) is 14.5 Å². The van der Waals surface area contributed by atoms with E-state index in [2.05, 4.69) is 0 Å². The zero-order valence-corrected chi connectivity index (χ0v) is 9.53. The number of nitrogens with zero attached hydrogens (tertiary/aromatic N) is 1. The van der Waals surface area contributed by atoms with Crippen LogP contribution in [0.2, 0.25) is 0 Å². The maximum atomic E-state index is 11.5. The van der Waals surface area contributed by atoms with E-state index in [-0.39, 0.29) is 23.8 Å². The quantitative estimate of drug-likeness (QED) is 0.689. The molecule has 0 bridgehead atoms. The van der Waals surface area contributed by atoms with Gasteiger partial charge < -0.3 is 5.73 Å². The molecule has 4 nitrogen and oxygen atoms in total. The highest BCUT2D eigenvalue weighted by molar-refractivity contribution is 6.03. The Labute approximate surface area is 90.8 Å². The normalized spacial score (nSPS) is 23.7. The minimum atomic E-state index is -0.127. The van der Waals surface area contributed by atoms with Crippen LogP contribution in [0.15, 0.2) is 0 Å². The van der Waals surface area contributed by atoms with Gasteiger partial charge in [-0.15, -0.1) is 0 Å². The van der Waals surface area contributed by atoms with Gasteiger partial charge in [0.15, 0.2) is 0 Å². The van der Waals surface area contributed by atoms with Crippen LogP contribution in [0.4, 0.5) is 0 Å². The second-order valence-electron chi connectivity index (χ2n) is 4.30. The Kier molecular flexibility index (Phi) is 4.27. The van der Waals surface area contributed by atoms with E-state index in [1.807, 2.05) is 6.92 Å². The molecule has 1 fully saturated rings. The van der Waals surface area contributed by atoms with Crippen LogP contribution in [0.5, 0.6) is 0 Å². The van der Waals surface area contributed by atoms with Gasteiger partial charge in [-0.1, -0.05) is 13.8 Å². The number of amides is 2. The Morgan fingerprint density at radius 2 is 2.20 bits per heavy atom. The van der Waals surface area contributed by atoms with E-state index in [0.717, 1.165) is 19.3 Å². The molecule has 4 heteroatoms. The van der Waals surface area contributed by atoms with Gasteiger partial charge in [-0.25, -0.2) is 0 Å². The Morgan fingerprint density at radius 3 is 2.67 bits per heavy atom. The molecule has 2 unspecified atom stereocenters. The van der Waals surface area contributed by atoms with E-state index in [1.54, 1.807) is 6.92 Å². The van der Waals surface area contributed by atoms with Gasteiger partial charge in [-0.2, -0.15) is 0 Å². The second kappa shape index (κ2) is 5.26. The summed E-state index contributed by atoms with van der Waals surface area (Å²) in [5.74, 6) is -0.181. The van der Waals surface area contributed by atoms with Gasteiger partial charge in [0.25, 0.3) is 0 Å². The van der Waals surface area contributed by atoms with Gasteiger partial charge in [0.1, 0.15) is 0 Å². The zero-order valence-electron chi connectivity index (χ0n) is 9.53. The third-order valence-electron chi connectivity index (χ3n) is 2.95. The topological polar surface area (TPSA) is 63.4 Å². The predicted molar refractivity (Wildman–Crippen MR) is 58.0 cm³/mol. The van der Waals surface area contributed by atoms with Crippen LogP contribution in [-0.2, 0) is 9.59 Å². The molecule has 1 aliphatic rings. The molecule has 1 heterocycles. The summed E-state index contributed by atoms with van der Waals surface area (Å²) < 4.78 is 0. The number of hydrogen-bond acceptors (Lipinski definition) is 3. The third-order valence-corrected chi connectivity index (χ3v) is 2.95. The van der Waals surface area contributed by atoms with Crippen molar-refractivity contribution in [3.05, 3.63) is 0 Å².